The van der Waals surface area contributed by atoms with Gasteiger partial charge in [-0.2, -0.15) is 4.98 Å². The number of hydrogen-bond acceptors (Lipinski definition) is 5. The zero-order valence-electron chi connectivity index (χ0n) is 12.8. The Kier molecular flexibility index (Phi) is 4.37. The van der Waals surface area contributed by atoms with Crippen molar-refractivity contribution in [3.8, 4) is 5.88 Å². The van der Waals surface area contributed by atoms with Crippen LogP contribution in [0.5, 0.6) is 5.88 Å². The molecule has 0 aliphatic carbocycles. The molecule has 1 aromatic heterocycles. The van der Waals surface area contributed by atoms with Crippen molar-refractivity contribution >= 4 is 28.0 Å². The number of ether oxygens (including phenoxy) is 1. The number of benzene rings is 1. The van der Waals surface area contributed by atoms with Gasteiger partial charge in [-0.3, -0.25) is 0 Å². The van der Waals surface area contributed by atoms with Gasteiger partial charge in [0.15, 0.2) is 5.82 Å². The van der Waals surface area contributed by atoms with Crippen molar-refractivity contribution in [2.75, 3.05) is 7.11 Å². The number of nitrogens with two attached hydrogens (primary N) is 2. The van der Waals surface area contributed by atoms with E-state index in [2.05, 4.69) is 25.9 Å². The molecular weight excluding hydrogens is 382 g/mol. The number of halogens is 3. The Balaban J connectivity index is 2.09. The Labute approximate surface area is 145 Å². The zero-order chi connectivity index (χ0) is 17.5. The maximum Gasteiger partial charge on any atom is 0.214 e. The number of methoxy groups -OCH3 is 1. The van der Waals surface area contributed by atoms with Gasteiger partial charge < -0.3 is 16.2 Å². The first-order chi connectivity index (χ1) is 11.3. The number of aromatic nitrogens is 1. The summed E-state index contributed by atoms with van der Waals surface area (Å²) in [6.07, 6.45) is 1.30. The average Bonchev–Trinajstić information content (AvgIpc) is 2.54. The highest BCUT2D eigenvalue weighted by molar-refractivity contribution is 9.10. The van der Waals surface area contributed by atoms with Crippen molar-refractivity contribution in [1.82, 2.24) is 4.98 Å². The van der Waals surface area contributed by atoms with Crippen molar-refractivity contribution in [3.05, 3.63) is 51.5 Å². The van der Waals surface area contributed by atoms with Crippen LogP contribution in [0.1, 0.15) is 11.1 Å². The highest BCUT2D eigenvalue weighted by atomic mass is 79.9. The van der Waals surface area contributed by atoms with Crippen molar-refractivity contribution in [2.45, 2.75) is 18.0 Å². The zero-order valence-corrected chi connectivity index (χ0v) is 14.3. The molecule has 24 heavy (non-hydrogen) atoms. The molecule has 1 aliphatic heterocycles. The summed E-state index contributed by atoms with van der Waals surface area (Å²) in [7, 11) is 1.48. The molecule has 0 fully saturated rings. The first-order valence-corrected chi connectivity index (χ1v) is 7.92. The molecule has 0 amide bonds. The van der Waals surface area contributed by atoms with E-state index in [0.717, 1.165) is 0 Å². The minimum atomic E-state index is -1.24. The first kappa shape index (κ1) is 16.9. The molecule has 2 heterocycles. The minimum absolute atomic E-state index is 0.131. The van der Waals surface area contributed by atoms with E-state index in [0.29, 0.717) is 21.7 Å². The molecule has 0 saturated carbocycles. The lowest BCUT2D eigenvalue weighted by Crippen LogP contribution is -2.56. The molecule has 1 aromatic carbocycles. The molecule has 8 heteroatoms. The fourth-order valence-corrected chi connectivity index (χ4v) is 3.12. The van der Waals surface area contributed by atoms with Gasteiger partial charge in [0.1, 0.15) is 11.6 Å². The van der Waals surface area contributed by atoms with Crippen molar-refractivity contribution < 1.29 is 13.5 Å². The molecule has 4 N–H and O–H groups in total. The third kappa shape index (κ3) is 2.81. The van der Waals surface area contributed by atoms with E-state index in [1.54, 1.807) is 12.1 Å². The van der Waals surface area contributed by atoms with E-state index in [4.69, 9.17) is 16.2 Å². The molecule has 2 aromatic rings. The topological polar surface area (TPSA) is 86.5 Å². The van der Waals surface area contributed by atoms with Gasteiger partial charge in [-0.1, -0.05) is 15.9 Å². The van der Waals surface area contributed by atoms with Crippen LogP contribution in [0.15, 0.2) is 33.7 Å². The summed E-state index contributed by atoms with van der Waals surface area (Å²) in [5.41, 5.74) is 11.7. The second-order valence-corrected chi connectivity index (χ2v) is 6.51. The van der Waals surface area contributed by atoms with Crippen molar-refractivity contribution in [1.29, 1.82) is 0 Å². The van der Waals surface area contributed by atoms with Crippen LogP contribution in [0.2, 0.25) is 0 Å². The summed E-state index contributed by atoms with van der Waals surface area (Å²) in [4.78, 5) is 8.37. The van der Waals surface area contributed by atoms with Gasteiger partial charge in [-0.05, 0) is 18.2 Å². The Morgan fingerprint density at radius 2 is 1.96 bits per heavy atom. The number of rotatable bonds is 3. The third-order valence-corrected chi connectivity index (χ3v) is 4.55. The summed E-state index contributed by atoms with van der Waals surface area (Å²) >= 11 is 3.06. The number of fused-ring (bicyclic) bond motifs is 1. The molecule has 0 bridgehead atoms. The van der Waals surface area contributed by atoms with E-state index in [1.165, 1.54) is 25.5 Å². The van der Waals surface area contributed by atoms with E-state index in [9.17, 15) is 8.78 Å². The van der Waals surface area contributed by atoms with Crippen LogP contribution >= 0.6 is 15.9 Å². The molecule has 1 aliphatic rings. The number of hydrogen-bond donors (Lipinski definition) is 2. The van der Waals surface area contributed by atoms with E-state index >= 15 is 0 Å². The van der Waals surface area contributed by atoms with Crippen molar-refractivity contribution in [2.24, 2.45) is 16.5 Å². The highest BCUT2D eigenvalue weighted by Gasteiger charge is 2.40. The SMILES string of the molecule is COc1ccc2c(n1)N=CC(N)C2(N)Cc1c(F)cc(Br)cc1F. The fourth-order valence-electron chi connectivity index (χ4n) is 2.72. The van der Waals surface area contributed by atoms with Gasteiger partial charge in [0, 0.05) is 34.3 Å². The molecule has 0 saturated heterocycles. The third-order valence-electron chi connectivity index (χ3n) is 4.09. The smallest absolute Gasteiger partial charge is 0.214 e. The molecule has 126 valence electrons. The van der Waals surface area contributed by atoms with Crippen LogP contribution in [-0.4, -0.2) is 24.4 Å². The molecule has 0 radical (unpaired) electrons. The molecule has 2 atom stereocenters. The normalized spacial score (nSPS) is 22.3. The number of pyridine rings is 1. The van der Waals surface area contributed by atoms with Crippen LogP contribution < -0.4 is 16.2 Å². The lowest BCUT2D eigenvalue weighted by molar-refractivity contribution is 0.381. The summed E-state index contributed by atoms with van der Waals surface area (Å²) in [6, 6.07) is 4.95. The van der Waals surface area contributed by atoms with Gasteiger partial charge in [-0.25, -0.2) is 13.8 Å². The fraction of sp³-hybridized carbons (Fsp3) is 0.250. The lowest BCUT2D eigenvalue weighted by atomic mass is 9.78. The van der Waals surface area contributed by atoms with Gasteiger partial charge in [0.25, 0.3) is 0 Å². The van der Waals surface area contributed by atoms with Crippen LogP contribution in [0.4, 0.5) is 14.6 Å². The average molecular weight is 397 g/mol. The standard InChI is InChI=1S/C16H15BrF2N4O/c1-24-14-3-2-10-15(23-14)22-7-13(20)16(10,21)6-9-11(18)4-8(17)5-12(9)19/h2-5,7,13H,6,20-21H2,1H3. The van der Waals surface area contributed by atoms with Crippen LogP contribution in [0.3, 0.4) is 0 Å². The predicted molar refractivity (Wildman–Crippen MR) is 90.5 cm³/mol. The van der Waals surface area contributed by atoms with Gasteiger partial charge >= 0.3 is 0 Å². The Morgan fingerprint density at radius 1 is 1.29 bits per heavy atom. The molecular formula is C16H15BrF2N4O. The summed E-state index contributed by atoms with van der Waals surface area (Å²) in [5.74, 6) is -0.685. The highest BCUT2D eigenvalue weighted by Crippen LogP contribution is 2.37. The Hall–Kier alpha value is -1.90. The maximum atomic E-state index is 14.2. The van der Waals surface area contributed by atoms with Crippen molar-refractivity contribution in [3.63, 3.8) is 0 Å². The first-order valence-electron chi connectivity index (χ1n) is 7.12. The lowest BCUT2D eigenvalue weighted by Gasteiger charge is -2.37. The summed E-state index contributed by atoms with van der Waals surface area (Å²) < 4.78 is 33.8. The molecule has 0 spiro atoms. The van der Waals surface area contributed by atoms with E-state index < -0.39 is 23.2 Å². The van der Waals surface area contributed by atoms with Crippen LogP contribution in [0.25, 0.3) is 0 Å². The quantitative estimate of drug-likeness (QED) is 0.834. The van der Waals surface area contributed by atoms with Crippen LogP contribution in [-0.2, 0) is 12.0 Å². The largest absolute Gasteiger partial charge is 0.481 e. The van der Waals surface area contributed by atoms with Gasteiger partial charge in [0.05, 0.1) is 18.7 Å². The molecule has 5 nitrogen and oxygen atoms in total. The number of nitrogens with zero attached hydrogens (tertiary/aromatic N) is 2. The summed E-state index contributed by atoms with van der Waals surface area (Å²) in [6.45, 7) is 0. The number of aliphatic imine (C=N–C) groups is 1. The second kappa shape index (κ2) is 6.19. The Morgan fingerprint density at radius 3 is 2.58 bits per heavy atom. The maximum absolute atomic E-state index is 14.2. The minimum Gasteiger partial charge on any atom is -0.481 e. The van der Waals surface area contributed by atoms with E-state index in [1.807, 2.05) is 0 Å². The Bertz CT molecular complexity index is 807. The second-order valence-electron chi connectivity index (χ2n) is 5.59. The summed E-state index contributed by atoms with van der Waals surface area (Å²) in [5, 5.41) is 0. The van der Waals surface area contributed by atoms with Gasteiger partial charge in [-0.15, -0.1) is 0 Å². The molecule has 2 unspecified atom stereocenters. The monoisotopic (exact) mass is 396 g/mol. The predicted octanol–water partition coefficient (Wildman–Crippen LogP) is 2.57. The van der Waals surface area contributed by atoms with Crippen LogP contribution in [0, 0.1) is 11.6 Å². The van der Waals surface area contributed by atoms with E-state index in [-0.39, 0.29) is 12.0 Å². The molecule has 3 rings (SSSR count). The van der Waals surface area contributed by atoms with Gasteiger partial charge in [0.2, 0.25) is 5.88 Å².